The van der Waals surface area contributed by atoms with Gasteiger partial charge in [0.1, 0.15) is 11.5 Å². The molecule has 2 rings (SSSR count). The second-order valence-corrected chi connectivity index (χ2v) is 6.73. The molecule has 0 N–H and O–H groups in total. The first-order chi connectivity index (χ1) is 11.0. The van der Waals surface area contributed by atoms with E-state index in [0.717, 1.165) is 22.2 Å². The minimum absolute atomic E-state index is 0.386. The van der Waals surface area contributed by atoms with Crippen LogP contribution in [0.5, 0.6) is 11.5 Å². The summed E-state index contributed by atoms with van der Waals surface area (Å²) < 4.78 is 11.8. The van der Waals surface area contributed by atoms with E-state index >= 15 is 0 Å². The van der Waals surface area contributed by atoms with Crippen LogP contribution in [0, 0.1) is 12.8 Å². The molecule has 0 bridgehead atoms. The first kappa shape index (κ1) is 17.5. The molecule has 0 saturated heterocycles. The first-order valence-electron chi connectivity index (χ1n) is 7.67. The van der Waals surface area contributed by atoms with Gasteiger partial charge in [0, 0.05) is 0 Å². The number of ether oxygens (including phenoxy) is 2. The summed E-state index contributed by atoms with van der Waals surface area (Å²) in [6, 6.07) is 12.6. The summed E-state index contributed by atoms with van der Waals surface area (Å²) >= 11 is 3.40. The highest BCUT2D eigenvalue weighted by atomic mass is 79.9. The van der Waals surface area contributed by atoms with Crippen LogP contribution in [0.2, 0.25) is 0 Å². The summed E-state index contributed by atoms with van der Waals surface area (Å²) in [5.74, 6) is 1.50. The van der Waals surface area contributed by atoms with Crippen LogP contribution in [0.4, 0.5) is 0 Å². The number of aryl methyl sites for hydroxylation is 1. The van der Waals surface area contributed by atoms with E-state index in [0.29, 0.717) is 23.8 Å². The van der Waals surface area contributed by atoms with Gasteiger partial charge in [-0.15, -0.1) is 0 Å². The average Bonchev–Trinajstić information content (AvgIpc) is 2.50. The SMILES string of the molecule is Cc1ccc(OC(=O)c2ccc(OCCC(C)C)cc2)c(Br)c1. The van der Waals surface area contributed by atoms with E-state index in [9.17, 15) is 4.79 Å². The van der Waals surface area contributed by atoms with Gasteiger partial charge in [0.2, 0.25) is 0 Å². The van der Waals surface area contributed by atoms with Gasteiger partial charge in [-0.25, -0.2) is 4.79 Å². The van der Waals surface area contributed by atoms with E-state index in [-0.39, 0.29) is 5.97 Å². The number of carbonyl (C=O) groups is 1. The Morgan fingerprint density at radius 2 is 1.83 bits per heavy atom. The smallest absolute Gasteiger partial charge is 0.343 e. The summed E-state index contributed by atoms with van der Waals surface area (Å²) in [6.45, 7) is 6.98. The Morgan fingerprint density at radius 1 is 1.13 bits per heavy atom. The van der Waals surface area contributed by atoms with Crippen molar-refractivity contribution in [2.75, 3.05) is 6.61 Å². The number of rotatable bonds is 6. The molecule has 0 aromatic heterocycles. The molecular formula is C19H21BrO3. The maximum absolute atomic E-state index is 12.2. The van der Waals surface area contributed by atoms with Gasteiger partial charge >= 0.3 is 5.97 Å². The molecule has 0 fully saturated rings. The maximum Gasteiger partial charge on any atom is 0.343 e. The second kappa shape index (κ2) is 8.16. The lowest BCUT2D eigenvalue weighted by molar-refractivity contribution is 0.0733. The standard InChI is InChI=1S/C19H21BrO3/c1-13(2)10-11-22-16-7-5-15(6-8-16)19(21)23-18-9-4-14(3)12-17(18)20/h4-9,12-13H,10-11H2,1-3H3. The molecule has 0 heterocycles. The van der Waals surface area contributed by atoms with Crippen molar-refractivity contribution in [3.05, 3.63) is 58.1 Å². The van der Waals surface area contributed by atoms with Crippen molar-refractivity contribution < 1.29 is 14.3 Å². The fourth-order valence-corrected chi connectivity index (χ4v) is 2.52. The van der Waals surface area contributed by atoms with Crippen molar-refractivity contribution in [3.8, 4) is 11.5 Å². The third kappa shape index (κ3) is 5.39. The van der Waals surface area contributed by atoms with Crippen molar-refractivity contribution in [1.82, 2.24) is 0 Å². The highest BCUT2D eigenvalue weighted by Gasteiger charge is 2.11. The number of hydrogen-bond donors (Lipinski definition) is 0. The second-order valence-electron chi connectivity index (χ2n) is 5.88. The van der Waals surface area contributed by atoms with E-state index in [1.165, 1.54) is 0 Å². The lowest BCUT2D eigenvalue weighted by Gasteiger charge is -2.09. The first-order valence-corrected chi connectivity index (χ1v) is 8.46. The average molecular weight is 377 g/mol. The minimum atomic E-state index is -0.386. The van der Waals surface area contributed by atoms with Gasteiger partial charge in [0.15, 0.2) is 0 Å². The van der Waals surface area contributed by atoms with Crippen LogP contribution >= 0.6 is 15.9 Å². The van der Waals surface area contributed by atoms with Crippen LogP contribution in [-0.4, -0.2) is 12.6 Å². The van der Waals surface area contributed by atoms with E-state index < -0.39 is 0 Å². The Hall–Kier alpha value is -1.81. The van der Waals surface area contributed by atoms with Crippen molar-refractivity contribution in [3.63, 3.8) is 0 Å². The topological polar surface area (TPSA) is 35.5 Å². The summed E-state index contributed by atoms with van der Waals surface area (Å²) in [5.41, 5.74) is 1.59. The van der Waals surface area contributed by atoms with Crippen molar-refractivity contribution >= 4 is 21.9 Å². The van der Waals surface area contributed by atoms with Gasteiger partial charge in [-0.1, -0.05) is 19.9 Å². The van der Waals surface area contributed by atoms with Crippen LogP contribution < -0.4 is 9.47 Å². The van der Waals surface area contributed by atoms with Crippen LogP contribution in [0.3, 0.4) is 0 Å². The quantitative estimate of drug-likeness (QED) is 0.499. The third-order valence-corrected chi connectivity index (χ3v) is 3.96. The summed E-state index contributed by atoms with van der Waals surface area (Å²) in [7, 11) is 0. The highest BCUT2D eigenvalue weighted by Crippen LogP contribution is 2.26. The molecule has 0 aliphatic heterocycles. The van der Waals surface area contributed by atoms with Gasteiger partial charge in [-0.05, 0) is 77.2 Å². The zero-order valence-electron chi connectivity index (χ0n) is 13.6. The molecule has 3 nitrogen and oxygen atoms in total. The Labute approximate surface area is 145 Å². The normalized spacial score (nSPS) is 10.7. The molecule has 0 aliphatic rings. The maximum atomic E-state index is 12.2. The molecular weight excluding hydrogens is 356 g/mol. The van der Waals surface area contributed by atoms with E-state index in [1.54, 1.807) is 30.3 Å². The molecule has 0 saturated carbocycles. The van der Waals surface area contributed by atoms with Gasteiger partial charge in [0.25, 0.3) is 0 Å². The number of benzene rings is 2. The number of halogens is 1. The van der Waals surface area contributed by atoms with Crippen LogP contribution in [0.1, 0.15) is 36.2 Å². The molecule has 122 valence electrons. The molecule has 0 amide bonds. The molecule has 23 heavy (non-hydrogen) atoms. The lowest BCUT2D eigenvalue weighted by Crippen LogP contribution is -2.09. The van der Waals surface area contributed by atoms with Crippen molar-refractivity contribution in [1.29, 1.82) is 0 Å². The Balaban J connectivity index is 1.97. The number of carbonyl (C=O) groups excluding carboxylic acids is 1. The van der Waals surface area contributed by atoms with Gasteiger partial charge < -0.3 is 9.47 Å². The molecule has 0 radical (unpaired) electrons. The van der Waals surface area contributed by atoms with E-state index in [4.69, 9.17) is 9.47 Å². The monoisotopic (exact) mass is 376 g/mol. The Kier molecular flexibility index (Phi) is 6.22. The zero-order chi connectivity index (χ0) is 16.8. The molecule has 0 atom stereocenters. The largest absolute Gasteiger partial charge is 0.494 e. The molecule has 0 spiro atoms. The predicted molar refractivity (Wildman–Crippen MR) is 95.2 cm³/mol. The van der Waals surface area contributed by atoms with Gasteiger partial charge in [-0.2, -0.15) is 0 Å². The van der Waals surface area contributed by atoms with Crippen molar-refractivity contribution in [2.45, 2.75) is 27.2 Å². The predicted octanol–water partition coefficient (Wildman–Crippen LogP) is 5.40. The Morgan fingerprint density at radius 3 is 2.43 bits per heavy atom. The number of hydrogen-bond acceptors (Lipinski definition) is 3. The minimum Gasteiger partial charge on any atom is -0.494 e. The van der Waals surface area contributed by atoms with Gasteiger partial charge in [0.05, 0.1) is 16.6 Å². The summed E-state index contributed by atoms with van der Waals surface area (Å²) in [5, 5.41) is 0. The lowest BCUT2D eigenvalue weighted by atomic mass is 10.1. The third-order valence-electron chi connectivity index (χ3n) is 3.34. The molecule has 4 heteroatoms. The van der Waals surface area contributed by atoms with E-state index in [2.05, 4.69) is 29.8 Å². The molecule has 2 aromatic carbocycles. The highest BCUT2D eigenvalue weighted by molar-refractivity contribution is 9.10. The Bertz CT molecular complexity index is 663. The molecule has 2 aromatic rings. The summed E-state index contributed by atoms with van der Waals surface area (Å²) in [4.78, 5) is 12.2. The fourth-order valence-electron chi connectivity index (χ4n) is 1.95. The zero-order valence-corrected chi connectivity index (χ0v) is 15.2. The fraction of sp³-hybridized carbons (Fsp3) is 0.316. The van der Waals surface area contributed by atoms with Crippen LogP contribution in [0.15, 0.2) is 46.9 Å². The summed E-state index contributed by atoms with van der Waals surface area (Å²) in [6.07, 6.45) is 1.01. The van der Waals surface area contributed by atoms with Gasteiger partial charge in [-0.3, -0.25) is 0 Å². The van der Waals surface area contributed by atoms with Crippen LogP contribution in [0.25, 0.3) is 0 Å². The molecule has 0 aliphatic carbocycles. The van der Waals surface area contributed by atoms with Crippen molar-refractivity contribution in [2.24, 2.45) is 5.92 Å². The number of esters is 1. The molecule has 0 unspecified atom stereocenters. The van der Waals surface area contributed by atoms with Crippen LogP contribution in [-0.2, 0) is 0 Å². The van der Waals surface area contributed by atoms with E-state index in [1.807, 2.05) is 19.1 Å².